The number of aromatic nitrogens is 1. The van der Waals surface area contributed by atoms with E-state index in [-0.39, 0.29) is 12.5 Å². The molecule has 2 aromatic carbocycles. The van der Waals surface area contributed by atoms with Gasteiger partial charge in [0, 0.05) is 62.5 Å². The summed E-state index contributed by atoms with van der Waals surface area (Å²) in [5.41, 5.74) is 8.90. The van der Waals surface area contributed by atoms with Crippen LogP contribution in [0.1, 0.15) is 44.7 Å². The standard InChI is InChI=1S/C27H36N4O2/c1-18-7-5-8-19(2)24(18)17-28-25-16-22(15-23-20(3)21(4)29-26(23)25)27(33)31-12-10-30(11-13-31)9-6-14-32/h5,7-8,15-16,28-29,32H,6,9-14,17H2,1-4H3. The van der Waals surface area contributed by atoms with Gasteiger partial charge in [-0.2, -0.15) is 0 Å². The molecule has 6 nitrogen and oxygen atoms in total. The van der Waals surface area contributed by atoms with Crippen molar-refractivity contribution < 1.29 is 9.90 Å². The number of benzene rings is 2. The van der Waals surface area contributed by atoms with Crippen LogP contribution in [0.2, 0.25) is 0 Å². The third-order valence-corrected chi connectivity index (χ3v) is 7.06. The van der Waals surface area contributed by atoms with Crippen LogP contribution in [-0.2, 0) is 6.54 Å². The van der Waals surface area contributed by atoms with Crippen LogP contribution in [0, 0.1) is 27.7 Å². The van der Waals surface area contributed by atoms with Gasteiger partial charge in [-0.3, -0.25) is 9.69 Å². The zero-order valence-corrected chi connectivity index (χ0v) is 20.3. The lowest BCUT2D eigenvalue weighted by atomic mass is 10.0. The molecule has 0 spiro atoms. The van der Waals surface area contributed by atoms with Gasteiger partial charge in [-0.25, -0.2) is 0 Å². The van der Waals surface area contributed by atoms with Crippen molar-refractivity contribution in [3.05, 3.63) is 63.8 Å². The Bertz CT molecular complexity index is 1120. The molecule has 176 valence electrons. The molecule has 6 heteroatoms. The van der Waals surface area contributed by atoms with Crippen molar-refractivity contribution in [2.24, 2.45) is 0 Å². The highest BCUT2D eigenvalue weighted by Gasteiger charge is 2.23. The summed E-state index contributed by atoms with van der Waals surface area (Å²) in [7, 11) is 0. The molecule has 0 atom stereocenters. The third kappa shape index (κ3) is 4.92. The maximum absolute atomic E-state index is 13.4. The Labute approximate surface area is 196 Å². The quantitative estimate of drug-likeness (QED) is 0.508. The molecule has 33 heavy (non-hydrogen) atoms. The number of rotatable bonds is 7. The number of H-pyrrole nitrogens is 1. The lowest BCUT2D eigenvalue weighted by Crippen LogP contribution is -2.48. The number of fused-ring (bicyclic) bond motifs is 1. The Kier molecular flexibility index (Phi) is 7.05. The van der Waals surface area contributed by atoms with Crippen molar-refractivity contribution in [2.75, 3.05) is 44.6 Å². The van der Waals surface area contributed by atoms with E-state index in [1.165, 1.54) is 22.3 Å². The van der Waals surface area contributed by atoms with Crippen molar-refractivity contribution in [3.8, 4) is 0 Å². The molecule has 2 heterocycles. The van der Waals surface area contributed by atoms with Crippen LogP contribution in [0.3, 0.4) is 0 Å². The zero-order chi connectivity index (χ0) is 23.5. The van der Waals surface area contributed by atoms with E-state index in [9.17, 15) is 4.79 Å². The molecular weight excluding hydrogens is 412 g/mol. The normalized spacial score (nSPS) is 14.8. The average molecular weight is 449 g/mol. The number of anilines is 1. The number of amides is 1. The summed E-state index contributed by atoms with van der Waals surface area (Å²) in [4.78, 5) is 21.2. The van der Waals surface area contributed by atoms with Gasteiger partial charge in [0.25, 0.3) is 5.91 Å². The van der Waals surface area contributed by atoms with Gasteiger partial charge in [-0.05, 0) is 68.5 Å². The Morgan fingerprint density at radius 3 is 2.42 bits per heavy atom. The first kappa shape index (κ1) is 23.3. The zero-order valence-electron chi connectivity index (χ0n) is 20.3. The topological polar surface area (TPSA) is 71.6 Å². The van der Waals surface area contributed by atoms with E-state index in [4.69, 9.17) is 5.11 Å². The van der Waals surface area contributed by atoms with Crippen LogP contribution >= 0.6 is 0 Å². The fraction of sp³-hybridized carbons (Fsp3) is 0.444. The summed E-state index contributed by atoms with van der Waals surface area (Å²) >= 11 is 0. The minimum atomic E-state index is 0.0899. The minimum Gasteiger partial charge on any atom is -0.396 e. The van der Waals surface area contributed by atoms with Gasteiger partial charge in [0.2, 0.25) is 0 Å². The van der Waals surface area contributed by atoms with E-state index in [1.54, 1.807) is 0 Å². The lowest BCUT2D eigenvalue weighted by Gasteiger charge is -2.34. The number of nitrogens with zero attached hydrogens (tertiary/aromatic N) is 2. The van der Waals surface area contributed by atoms with Gasteiger partial charge in [0.1, 0.15) is 0 Å². The molecule has 1 aliphatic heterocycles. The Balaban J connectivity index is 1.59. The second kappa shape index (κ2) is 9.98. The highest BCUT2D eigenvalue weighted by molar-refractivity contribution is 6.03. The number of aliphatic hydroxyl groups is 1. The highest BCUT2D eigenvalue weighted by Crippen LogP contribution is 2.31. The molecule has 0 aliphatic carbocycles. The monoisotopic (exact) mass is 448 g/mol. The molecule has 3 aromatic rings. The SMILES string of the molecule is Cc1cccc(C)c1CNc1cc(C(=O)N2CCN(CCCO)CC2)cc2c(C)c(C)[nH]c12. The lowest BCUT2D eigenvalue weighted by molar-refractivity contribution is 0.0629. The molecule has 4 rings (SSSR count). The van der Waals surface area contributed by atoms with E-state index in [2.05, 4.69) is 61.1 Å². The maximum atomic E-state index is 13.4. The smallest absolute Gasteiger partial charge is 0.254 e. The van der Waals surface area contributed by atoms with Gasteiger partial charge in [0.15, 0.2) is 0 Å². The molecule has 1 saturated heterocycles. The fourth-order valence-electron chi connectivity index (χ4n) is 4.78. The molecule has 0 saturated carbocycles. The van der Waals surface area contributed by atoms with Crippen molar-refractivity contribution in [2.45, 2.75) is 40.7 Å². The largest absolute Gasteiger partial charge is 0.396 e. The van der Waals surface area contributed by atoms with Crippen LogP contribution < -0.4 is 5.32 Å². The first-order chi connectivity index (χ1) is 15.9. The van der Waals surface area contributed by atoms with E-state index in [0.717, 1.165) is 67.0 Å². The summed E-state index contributed by atoms with van der Waals surface area (Å²) in [6.07, 6.45) is 0.784. The van der Waals surface area contributed by atoms with Gasteiger partial charge in [-0.1, -0.05) is 18.2 Å². The molecule has 1 aliphatic rings. The fourth-order valence-corrected chi connectivity index (χ4v) is 4.78. The summed E-state index contributed by atoms with van der Waals surface area (Å²) in [6, 6.07) is 10.4. The number of hydrogen-bond donors (Lipinski definition) is 3. The Morgan fingerprint density at radius 1 is 1.06 bits per heavy atom. The summed E-state index contributed by atoms with van der Waals surface area (Å²) in [5, 5.41) is 13.8. The maximum Gasteiger partial charge on any atom is 0.254 e. The number of piperazine rings is 1. The molecule has 0 unspecified atom stereocenters. The molecule has 3 N–H and O–H groups in total. The van der Waals surface area contributed by atoms with E-state index >= 15 is 0 Å². The Hall–Kier alpha value is -2.83. The van der Waals surface area contributed by atoms with Crippen molar-refractivity contribution in [1.82, 2.24) is 14.8 Å². The van der Waals surface area contributed by atoms with Crippen LogP contribution in [0.25, 0.3) is 10.9 Å². The number of aromatic amines is 1. The van der Waals surface area contributed by atoms with Crippen molar-refractivity contribution in [1.29, 1.82) is 0 Å². The molecule has 1 aromatic heterocycles. The average Bonchev–Trinajstić information content (AvgIpc) is 3.11. The molecular formula is C27H36N4O2. The second-order valence-corrected chi connectivity index (χ2v) is 9.26. The van der Waals surface area contributed by atoms with Crippen LogP contribution in [-0.4, -0.2) is 65.1 Å². The van der Waals surface area contributed by atoms with E-state index < -0.39 is 0 Å². The van der Waals surface area contributed by atoms with E-state index in [0.29, 0.717) is 6.54 Å². The van der Waals surface area contributed by atoms with Gasteiger partial charge >= 0.3 is 0 Å². The summed E-state index contributed by atoms with van der Waals surface area (Å²) in [5.74, 6) is 0.0899. The van der Waals surface area contributed by atoms with Gasteiger partial charge < -0.3 is 20.3 Å². The van der Waals surface area contributed by atoms with Crippen molar-refractivity contribution in [3.63, 3.8) is 0 Å². The van der Waals surface area contributed by atoms with Crippen LogP contribution in [0.4, 0.5) is 5.69 Å². The number of carbonyl (C=O) groups excluding carboxylic acids is 1. The number of aryl methyl sites for hydroxylation is 4. The molecule has 1 amide bonds. The predicted octanol–water partition coefficient (Wildman–Crippen LogP) is 4.15. The number of nitrogens with one attached hydrogen (secondary N) is 2. The van der Waals surface area contributed by atoms with E-state index in [1.807, 2.05) is 17.0 Å². The number of carbonyl (C=O) groups is 1. The molecule has 0 radical (unpaired) electrons. The van der Waals surface area contributed by atoms with Crippen molar-refractivity contribution >= 4 is 22.5 Å². The first-order valence-corrected chi connectivity index (χ1v) is 11.9. The second-order valence-electron chi connectivity index (χ2n) is 9.26. The molecule has 1 fully saturated rings. The predicted molar refractivity (Wildman–Crippen MR) is 135 cm³/mol. The van der Waals surface area contributed by atoms with Gasteiger partial charge in [-0.15, -0.1) is 0 Å². The molecule has 0 bridgehead atoms. The summed E-state index contributed by atoms with van der Waals surface area (Å²) < 4.78 is 0. The summed E-state index contributed by atoms with van der Waals surface area (Å²) in [6.45, 7) is 13.4. The first-order valence-electron chi connectivity index (χ1n) is 11.9. The van der Waals surface area contributed by atoms with Crippen LogP contribution in [0.15, 0.2) is 30.3 Å². The number of aliphatic hydroxyl groups excluding tert-OH is 1. The van der Waals surface area contributed by atoms with Gasteiger partial charge in [0.05, 0.1) is 11.2 Å². The minimum absolute atomic E-state index is 0.0899. The third-order valence-electron chi connectivity index (χ3n) is 7.06. The van der Waals surface area contributed by atoms with Crippen LogP contribution in [0.5, 0.6) is 0 Å². The Morgan fingerprint density at radius 2 is 1.76 bits per heavy atom. The number of hydrogen-bond acceptors (Lipinski definition) is 4. The highest BCUT2D eigenvalue weighted by atomic mass is 16.3.